The molecule has 1 aromatic heterocycles. The van der Waals surface area contributed by atoms with Gasteiger partial charge in [-0.1, -0.05) is 18.2 Å². The Morgan fingerprint density at radius 3 is 2.52 bits per heavy atom. The number of aryl methyl sites for hydroxylation is 4. The topological polar surface area (TPSA) is 52.5 Å². The van der Waals surface area contributed by atoms with Crippen LogP contribution in [0, 0.1) is 39.0 Å². The number of aromatic amines is 1. The summed E-state index contributed by atoms with van der Waals surface area (Å²) in [6.45, 7) is 8.29. The normalized spacial score (nSPS) is 11.7. The molecule has 0 spiro atoms. The average molecular weight is 301 g/mol. The van der Waals surface area contributed by atoms with Crippen molar-refractivity contribution in [3.05, 3.63) is 64.0 Å². The van der Waals surface area contributed by atoms with E-state index >= 15 is 0 Å². The van der Waals surface area contributed by atoms with Crippen LogP contribution in [0.1, 0.15) is 33.6 Å². The summed E-state index contributed by atoms with van der Waals surface area (Å²) in [5.41, 5.74) is 8.25. The molecule has 0 aliphatic rings. The van der Waals surface area contributed by atoms with Crippen molar-refractivity contribution in [2.45, 2.75) is 27.7 Å². The smallest absolute Gasteiger partial charge is 0.149 e. The van der Waals surface area contributed by atoms with Gasteiger partial charge in [-0.25, -0.2) is 4.98 Å². The van der Waals surface area contributed by atoms with Crippen LogP contribution in [0.25, 0.3) is 22.7 Å². The number of benzene rings is 2. The number of rotatable bonds is 2. The SMILES string of the molecule is Cc1ccc2nc(C(C#N)=Cc3cc(C)c(C)cc3C)[nH]c2c1. The van der Waals surface area contributed by atoms with Crippen LogP contribution in [0.4, 0.5) is 0 Å². The van der Waals surface area contributed by atoms with Gasteiger partial charge >= 0.3 is 0 Å². The molecule has 23 heavy (non-hydrogen) atoms. The van der Waals surface area contributed by atoms with Gasteiger partial charge in [0.05, 0.1) is 16.6 Å². The van der Waals surface area contributed by atoms with E-state index in [-0.39, 0.29) is 0 Å². The Morgan fingerprint density at radius 2 is 1.78 bits per heavy atom. The number of nitriles is 1. The van der Waals surface area contributed by atoms with E-state index in [0.29, 0.717) is 11.4 Å². The Bertz CT molecular complexity index is 968. The highest BCUT2D eigenvalue weighted by molar-refractivity contribution is 5.90. The van der Waals surface area contributed by atoms with Gasteiger partial charge in [-0.05, 0) is 73.7 Å². The highest BCUT2D eigenvalue weighted by Crippen LogP contribution is 2.23. The van der Waals surface area contributed by atoms with Crippen molar-refractivity contribution in [1.29, 1.82) is 5.26 Å². The average Bonchev–Trinajstić information content (AvgIpc) is 2.92. The first kappa shape index (κ1) is 15.1. The second-order valence-electron chi connectivity index (χ2n) is 6.07. The van der Waals surface area contributed by atoms with Crippen molar-refractivity contribution in [2.24, 2.45) is 0 Å². The third-order valence-corrected chi connectivity index (χ3v) is 4.20. The van der Waals surface area contributed by atoms with E-state index in [1.807, 2.05) is 31.2 Å². The van der Waals surface area contributed by atoms with Gasteiger partial charge in [0.1, 0.15) is 11.9 Å². The molecule has 0 saturated heterocycles. The molecule has 0 atom stereocenters. The summed E-state index contributed by atoms with van der Waals surface area (Å²) >= 11 is 0. The van der Waals surface area contributed by atoms with Crippen molar-refractivity contribution >= 4 is 22.7 Å². The van der Waals surface area contributed by atoms with Crippen LogP contribution >= 0.6 is 0 Å². The molecule has 3 nitrogen and oxygen atoms in total. The molecule has 0 aliphatic carbocycles. The van der Waals surface area contributed by atoms with E-state index in [9.17, 15) is 5.26 Å². The maximum absolute atomic E-state index is 9.56. The lowest BCUT2D eigenvalue weighted by molar-refractivity contribution is 1.27. The van der Waals surface area contributed by atoms with Gasteiger partial charge in [-0.15, -0.1) is 0 Å². The fourth-order valence-corrected chi connectivity index (χ4v) is 2.70. The molecular weight excluding hydrogens is 282 g/mol. The number of fused-ring (bicyclic) bond motifs is 1. The molecule has 3 rings (SSSR count). The van der Waals surface area contributed by atoms with Crippen molar-refractivity contribution in [3.8, 4) is 6.07 Å². The van der Waals surface area contributed by atoms with Crippen LogP contribution < -0.4 is 0 Å². The van der Waals surface area contributed by atoms with Crippen LogP contribution in [0.2, 0.25) is 0 Å². The second-order valence-corrected chi connectivity index (χ2v) is 6.07. The number of nitrogens with one attached hydrogen (secondary N) is 1. The molecule has 2 aromatic carbocycles. The minimum atomic E-state index is 0.546. The Hall–Kier alpha value is -2.86. The van der Waals surface area contributed by atoms with E-state index in [2.05, 4.69) is 48.9 Å². The Labute approximate surface area is 136 Å². The number of hydrogen-bond donors (Lipinski definition) is 1. The lowest BCUT2D eigenvalue weighted by atomic mass is 9.99. The fourth-order valence-electron chi connectivity index (χ4n) is 2.70. The zero-order chi connectivity index (χ0) is 16.6. The van der Waals surface area contributed by atoms with Crippen LogP contribution in [-0.2, 0) is 0 Å². The number of hydrogen-bond acceptors (Lipinski definition) is 2. The largest absolute Gasteiger partial charge is 0.337 e. The van der Waals surface area contributed by atoms with Crippen molar-refractivity contribution in [3.63, 3.8) is 0 Å². The van der Waals surface area contributed by atoms with Crippen LogP contribution in [0.15, 0.2) is 30.3 Å². The third kappa shape index (κ3) is 2.89. The predicted molar refractivity (Wildman–Crippen MR) is 95.0 cm³/mol. The molecule has 0 saturated carbocycles. The summed E-state index contributed by atoms with van der Waals surface area (Å²) in [6, 6.07) is 12.6. The Morgan fingerprint density at radius 1 is 1.04 bits per heavy atom. The number of imidazole rings is 1. The minimum absolute atomic E-state index is 0.546. The first-order chi connectivity index (χ1) is 11.0. The summed E-state index contributed by atoms with van der Waals surface area (Å²) in [7, 11) is 0. The zero-order valence-corrected chi connectivity index (χ0v) is 13.9. The number of nitrogens with zero attached hydrogens (tertiary/aromatic N) is 2. The Kier molecular flexibility index (Phi) is 3.75. The first-order valence-electron chi connectivity index (χ1n) is 7.64. The maximum atomic E-state index is 9.56. The molecule has 3 heteroatoms. The molecule has 0 aliphatic heterocycles. The molecule has 0 fully saturated rings. The molecule has 0 amide bonds. The number of allylic oxidation sites excluding steroid dienone is 1. The lowest BCUT2D eigenvalue weighted by Gasteiger charge is -2.06. The molecule has 1 heterocycles. The third-order valence-electron chi connectivity index (χ3n) is 4.20. The predicted octanol–water partition coefficient (Wildman–Crippen LogP) is 4.86. The lowest BCUT2D eigenvalue weighted by Crippen LogP contribution is -1.90. The quantitative estimate of drug-likeness (QED) is 0.687. The van der Waals surface area contributed by atoms with Gasteiger partial charge in [-0.2, -0.15) is 5.26 Å². The summed E-state index contributed by atoms with van der Waals surface area (Å²) in [5, 5.41) is 9.56. The van der Waals surface area contributed by atoms with Gasteiger partial charge in [0, 0.05) is 0 Å². The van der Waals surface area contributed by atoms with Gasteiger partial charge in [0.2, 0.25) is 0 Å². The first-order valence-corrected chi connectivity index (χ1v) is 7.64. The molecular formula is C20H19N3. The van der Waals surface area contributed by atoms with Crippen LogP contribution in [0.5, 0.6) is 0 Å². The maximum Gasteiger partial charge on any atom is 0.149 e. The molecule has 0 unspecified atom stereocenters. The van der Waals surface area contributed by atoms with E-state index < -0.39 is 0 Å². The molecule has 0 bridgehead atoms. The van der Waals surface area contributed by atoms with E-state index in [1.54, 1.807) is 0 Å². The Balaban J connectivity index is 2.11. The summed E-state index contributed by atoms with van der Waals surface area (Å²) in [5.74, 6) is 0.616. The van der Waals surface area contributed by atoms with Gasteiger partial charge in [0.15, 0.2) is 0 Å². The van der Waals surface area contributed by atoms with Crippen LogP contribution in [-0.4, -0.2) is 9.97 Å². The standard InChI is InChI=1S/C20H19N3/c1-12-5-6-18-19(7-12)23-20(22-18)17(11-21)10-16-9-14(3)13(2)8-15(16)4/h5-10H,1-4H3,(H,22,23). The highest BCUT2D eigenvalue weighted by Gasteiger charge is 2.09. The van der Waals surface area contributed by atoms with E-state index in [0.717, 1.165) is 22.2 Å². The summed E-state index contributed by atoms with van der Waals surface area (Å²) in [4.78, 5) is 7.80. The van der Waals surface area contributed by atoms with Gasteiger partial charge in [-0.3, -0.25) is 0 Å². The molecule has 114 valence electrons. The van der Waals surface area contributed by atoms with Crippen molar-refractivity contribution in [2.75, 3.05) is 0 Å². The van der Waals surface area contributed by atoms with Gasteiger partial charge in [0.25, 0.3) is 0 Å². The number of H-pyrrole nitrogens is 1. The summed E-state index contributed by atoms with van der Waals surface area (Å²) < 4.78 is 0. The number of aromatic nitrogens is 2. The molecule has 1 N–H and O–H groups in total. The van der Waals surface area contributed by atoms with Crippen molar-refractivity contribution < 1.29 is 0 Å². The van der Waals surface area contributed by atoms with E-state index in [4.69, 9.17) is 0 Å². The molecule has 3 aromatic rings. The van der Waals surface area contributed by atoms with Crippen molar-refractivity contribution in [1.82, 2.24) is 9.97 Å². The monoisotopic (exact) mass is 301 g/mol. The molecule has 0 radical (unpaired) electrons. The summed E-state index contributed by atoms with van der Waals surface area (Å²) in [6.07, 6.45) is 1.91. The van der Waals surface area contributed by atoms with Gasteiger partial charge < -0.3 is 4.98 Å². The van der Waals surface area contributed by atoms with Crippen LogP contribution in [0.3, 0.4) is 0 Å². The van der Waals surface area contributed by atoms with E-state index in [1.165, 1.54) is 16.7 Å². The second kappa shape index (κ2) is 5.73. The minimum Gasteiger partial charge on any atom is -0.337 e. The fraction of sp³-hybridized carbons (Fsp3) is 0.200. The zero-order valence-electron chi connectivity index (χ0n) is 13.9. The highest BCUT2D eigenvalue weighted by atomic mass is 14.9.